The van der Waals surface area contributed by atoms with Crippen LogP contribution in [0.15, 0.2) is 60.7 Å². The highest BCUT2D eigenvalue weighted by molar-refractivity contribution is 5.97. The lowest BCUT2D eigenvalue weighted by Crippen LogP contribution is -2.57. The zero-order valence-corrected chi connectivity index (χ0v) is 14.1. The molecule has 1 amide bonds. The number of nitrogens with one attached hydrogen (secondary N) is 1. The predicted molar refractivity (Wildman–Crippen MR) is 93.5 cm³/mol. The molecule has 1 aliphatic heterocycles. The number of carbonyl (C=O) groups is 2. The van der Waals surface area contributed by atoms with Crippen LogP contribution in [0.4, 0.5) is 4.79 Å². The lowest BCUT2D eigenvalue weighted by atomic mass is 9.84. The first kappa shape index (κ1) is 17.0. The molecule has 1 N–H and O–H groups in total. The smallest absolute Gasteiger partial charge is 0.408 e. The lowest BCUT2D eigenvalue weighted by molar-refractivity contribution is -0.132. The van der Waals surface area contributed by atoms with Gasteiger partial charge < -0.3 is 14.8 Å². The number of hydrogen-bond donors (Lipinski definition) is 1. The number of hydrogen-bond acceptors (Lipinski definition) is 4. The third-order valence-electron chi connectivity index (χ3n) is 4.30. The number of para-hydroxylation sites is 1. The molecule has 2 aromatic carbocycles. The molecule has 1 heterocycles. The zero-order chi connectivity index (χ0) is 17.7. The maximum Gasteiger partial charge on any atom is 0.408 e. The number of rotatable bonds is 7. The molecule has 0 spiro atoms. The zero-order valence-electron chi connectivity index (χ0n) is 14.1. The first-order valence-electron chi connectivity index (χ1n) is 8.38. The molecule has 0 bridgehead atoms. The van der Waals surface area contributed by atoms with Gasteiger partial charge in [0.1, 0.15) is 17.9 Å². The second-order valence-corrected chi connectivity index (χ2v) is 6.14. The number of cyclic esters (lactones) is 1. The van der Waals surface area contributed by atoms with E-state index in [-0.39, 0.29) is 12.4 Å². The van der Waals surface area contributed by atoms with Gasteiger partial charge in [0.25, 0.3) is 0 Å². The molecule has 0 saturated carbocycles. The van der Waals surface area contributed by atoms with Gasteiger partial charge in [-0.15, -0.1) is 0 Å². The Morgan fingerprint density at radius 3 is 2.36 bits per heavy atom. The highest BCUT2D eigenvalue weighted by atomic mass is 16.6. The van der Waals surface area contributed by atoms with Gasteiger partial charge in [-0.1, -0.05) is 55.5 Å². The summed E-state index contributed by atoms with van der Waals surface area (Å²) in [6.07, 6.45) is -0.361. The molecule has 130 valence electrons. The molecule has 1 aliphatic rings. The monoisotopic (exact) mass is 339 g/mol. The Kier molecular flexibility index (Phi) is 5.03. The van der Waals surface area contributed by atoms with Crippen LogP contribution in [0.5, 0.6) is 5.75 Å². The molecule has 0 radical (unpaired) electrons. The van der Waals surface area contributed by atoms with Crippen LogP contribution in [0.1, 0.15) is 18.9 Å². The van der Waals surface area contributed by atoms with Crippen molar-refractivity contribution in [1.82, 2.24) is 5.32 Å². The fourth-order valence-corrected chi connectivity index (χ4v) is 3.01. The Hall–Kier alpha value is -2.82. The maximum absolute atomic E-state index is 13.2. The van der Waals surface area contributed by atoms with Crippen molar-refractivity contribution < 1.29 is 19.1 Å². The molecular weight excluding hydrogens is 318 g/mol. The Morgan fingerprint density at radius 1 is 1.16 bits per heavy atom. The third-order valence-corrected chi connectivity index (χ3v) is 4.30. The Balaban J connectivity index is 1.84. The normalized spacial score (nSPS) is 20.4. The molecular formula is C20H21NO4. The minimum absolute atomic E-state index is 0.00815. The second-order valence-electron chi connectivity index (χ2n) is 6.14. The number of alkyl carbamates (subject to hydrolysis) is 1. The highest BCUT2D eigenvalue weighted by Gasteiger charge is 2.49. The van der Waals surface area contributed by atoms with E-state index in [1.165, 1.54) is 0 Å². The van der Waals surface area contributed by atoms with Gasteiger partial charge in [-0.05, 0) is 24.1 Å². The summed E-state index contributed by atoms with van der Waals surface area (Å²) in [6.45, 7) is 1.90. The van der Waals surface area contributed by atoms with Crippen molar-refractivity contribution in [3.63, 3.8) is 0 Å². The minimum Gasteiger partial charge on any atom is -0.483 e. The van der Waals surface area contributed by atoms with E-state index in [0.717, 1.165) is 5.56 Å². The van der Waals surface area contributed by atoms with E-state index in [0.29, 0.717) is 18.6 Å². The quantitative estimate of drug-likeness (QED) is 0.842. The predicted octanol–water partition coefficient (Wildman–Crippen LogP) is 3.13. The summed E-state index contributed by atoms with van der Waals surface area (Å²) in [5, 5.41) is 2.73. The van der Waals surface area contributed by atoms with Crippen LogP contribution in [0.2, 0.25) is 0 Å². The summed E-state index contributed by atoms with van der Waals surface area (Å²) < 4.78 is 11.0. The fraction of sp³-hybridized carbons (Fsp3) is 0.300. The summed E-state index contributed by atoms with van der Waals surface area (Å²) >= 11 is 0. The number of benzene rings is 2. The Bertz CT molecular complexity index is 732. The number of ether oxygens (including phenoxy) is 2. The Labute approximate surface area is 147 Å². The topological polar surface area (TPSA) is 64.6 Å². The van der Waals surface area contributed by atoms with E-state index in [4.69, 9.17) is 9.47 Å². The van der Waals surface area contributed by atoms with Crippen molar-refractivity contribution in [1.29, 1.82) is 0 Å². The summed E-state index contributed by atoms with van der Waals surface area (Å²) in [7, 11) is 0. The van der Waals surface area contributed by atoms with Crippen LogP contribution in [-0.2, 0) is 16.0 Å². The maximum atomic E-state index is 13.2. The van der Waals surface area contributed by atoms with E-state index < -0.39 is 17.7 Å². The number of Topliss-reactive ketones (excluding diaryl/α,β-unsaturated/α-hetero) is 1. The average Bonchev–Trinajstić information content (AvgIpc) is 3.02. The molecule has 1 saturated heterocycles. The van der Waals surface area contributed by atoms with Crippen molar-refractivity contribution in [2.24, 2.45) is 0 Å². The van der Waals surface area contributed by atoms with Crippen LogP contribution in [-0.4, -0.2) is 30.1 Å². The molecule has 2 unspecified atom stereocenters. The molecule has 3 rings (SSSR count). The van der Waals surface area contributed by atoms with Crippen LogP contribution < -0.4 is 10.1 Å². The van der Waals surface area contributed by atoms with Gasteiger partial charge in [0.2, 0.25) is 5.78 Å². The largest absolute Gasteiger partial charge is 0.483 e. The first-order valence-corrected chi connectivity index (χ1v) is 8.38. The van der Waals surface area contributed by atoms with E-state index in [9.17, 15) is 9.59 Å². The number of amides is 1. The van der Waals surface area contributed by atoms with Crippen molar-refractivity contribution in [2.75, 3.05) is 6.61 Å². The average molecular weight is 339 g/mol. The van der Waals surface area contributed by atoms with E-state index in [2.05, 4.69) is 5.32 Å². The van der Waals surface area contributed by atoms with E-state index >= 15 is 0 Å². The van der Waals surface area contributed by atoms with Gasteiger partial charge >= 0.3 is 6.09 Å². The van der Waals surface area contributed by atoms with Crippen molar-refractivity contribution >= 4 is 11.9 Å². The summed E-state index contributed by atoms with van der Waals surface area (Å²) in [4.78, 5) is 24.9. The molecule has 2 atom stereocenters. The van der Waals surface area contributed by atoms with Gasteiger partial charge in [0, 0.05) is 6.42 Å². The summed E-state index contributed by atoms with van der Waals surface area (Å²) in [5.41, 5.74) is -0.148. The molecule has 5 heteroatoms. The molecule has 5 nitrogen and oxygen atoms in total. The molecule has 0 aliphatic carbocycles. The Morgan fingerprint density at radius 2 is 1.80 bits per heavy atom. The van der Waals surface area contributed by atoms with Gasteiger partial charge in [0.15, 0.2) is 6.10 Å². The molecule has 2 aromatic rings. The molecule has 0 aromatic heterocycles. The van der Waals surface area contributed by atoms with Crippen LogP contribution in [0.3, 0.4) is 0 Å². The first-order chi connectivity index (χ1) is 12.1. The SMILES string of the molecule is CCC(Oc1ccccc1)C(=O)C1(Cc2ccccc2)COC(=O)N1. The second kappa shape index (κ2) is 7.38. The van der Waals surface area contributed by atoms with E-state index in [1.54, 1.807) is 0 Å². The highest BCUT2D eigenvalue weighted by Crippen LogP contribution is 2.25. The van der Waals surface area contributed by atoms with Gasteiger partial charge in [-0.2, -0.15) is 0 Å². The van der Waals surface area contributed by atoms with E-state index in [1.807, 2.05) is 67.6 Å². The van der Waals surface area contributed by atoms with Crippen molar-refractivity contribution in [3.8, 4) is 5.75 Å². The number of carbonyl (C=O) groups excluding carboxylic acids is 2. The number of ketones is 1. The minimum atomic E-state index is -1.10. The lowest BCUT2D eigenvalue weighted by Gasteiger charge is -2.29. The molecule has 1 fully saturated rings. The standard InChI is InChI=1S/C20H21NO4/c1-2-17(25-16-11-7-4-8-12-16)18(22)20(14-24-19(23)21-20)13-15-9-5-3-6-10-15/h3-12,17H,2,13-14H2,1H3,(H,21,23). The van der Waals surface area contributed by atoms with Crippen LogP contribution in [0.25, 0.3) is 0 Å². The van der Waals surface area contributed by atoms with Crippen LogP contribution in [0, 0.1) is 0 Å². The third kappa shape index (κ3) is 3.82. The van der Waals surface area contributed by atoms with Gasteiger partial charge in [-0.25, -0.2) is 4.79 Å². The van der Waals surface area contributed by atoms with Crippen LogP contribution >= 0.6 is 0 Å². The van der Waals surface area contributed by atoms with Gasteiger partial charge in [0.05, 0.1) is 0 Å². The summed E-state index contributed by atoms with van der Waals surface area (Å²) in [5.74, 6) is 0.455. The van der Waals surface area contributed by atoms with Crippen molar-refractivity contribution in [2.45, 2.75) is 31.4 Å². The fourth-order valence-electron chi connectivity index (χ4n) is 3.01. The van der Waals surface area contributed by atoms with Gasteiger partial charge in [-0.3, -0.25) is 4.79 Å². The molecule has 25 heavy (non-hydrogen) atoms. The summed E-state index contributed by atoms with van der Waals surface area (Å²) in [6, 6.07) is 18.8. The van der Waals surface area contributed by atoms with Crippen molar-refractivity contribution in [3.05, 3.63) is 66.2 Å².